The van der Waals surface area contributed by atoms with E-state index in [2.05, 4.69) is 47.6 Å². The molecule has 0 aromatic carbocycles. The summed E-state index contributed by atoms with van der Waals surface area (Å²) in [7, 11) is 0. The molecule has 6 rings (SSSR count). The van der Waals surface area contributed by atoms with E-state index >= 15 is 0 Å². The molecule has 2 heterocycles. The van der Waals surface area contributed by atoms with E-state index in [0.29, 0.717) is 37.9 Å². The van der Waals surface area contributed by atoms with E-state index in [9.17, 15) is 45.3 Å². The average molecular weight is 781 g/mol. The van der Waals surface area contributed by atoms with Gasteiger partial charge in [0.1, 0.15) is 54.1 Å². The van der Waals surface area contributed by atoms with Gasteiger partial charge >= 0.3 is 0 Å². The van der Waals surface area contributed by atoms with Crippen LogP contribution in [0.1, 0.15) is 114 Å². The molecule has 5 fully saturated rings. The Morgan fingerprint density at radius 3 is 2.22 bits per heavy atom. The van der Waals surface area contributed by atoms with Gasteiger partial charge in [-0.15, -0.1) is 0 Å². The molecule has 18 atom stereocenters. The number of hydrogen-bond donors (Lipinski definition) is 7. The highest BCUT2D eigenvalue weighted by molar-refractivity contribution is 5.88. The van der Waals surface area contributed by atoms with Gasteiger partial charge in [0.05, 0.1) is 18.8 Å². The van der Waals surface area contributed by atoms with Crippen molar-refractivity contribution in [3.05, 3.63) is 11.6 Å². The Labute approximate surface area is 325 Å². The molecule has 0 aromatic rings. The van der Waals surface area contributed by atoms with Crippen molar-refractivity contribution in [1.29, 1.82) is 0 Å². The maximum atomic E-state index is 14.8. The standard InChI is InChI=1S/C42H68O13/c1-20(10-14-27(44)39(5,6)51)22-16-17-40(7)26-13-11-23-24(42(26,9)28(45)18-41(22,40)8)12-15-29(38(23,3)4)54-37-35(33(49)30(46)21(2)52-37)55-36-34(50)32(48)31(47)25(19-43)53-36/h11,20-22,24-26,29-37,43,46-51H,10,12-19H2,1-9H3/t20-,21-,22-,24-,25-,26+,29+,30+,31-,32+,33-,34-,35-,36-,37+,40+,41-,42+/m1/s1. The molecule has 0 spiro atoms. The van der Waals surface area contributed by atoms with Crippen LogP contribution in [-0.4, -0.2) is 127 Å². The van der Waals surface area contributed by atoms with E-state index in [4.69, 9.17) is 18.9 Å². The first-order chi connectivity index (χ1) is 25.4. The molecule has 4 aliphatic carbocycles. The molecule has 314 valence electrons. The Morgan fingerprint density at radius 1 is 0.909 bits per heavy atom. The summed E-state index contributed by atoms with van der Waals surface area (Å²) in [5.41, 5.74) is -1.65. The molecule has 6 aliphatic rings. The molecule has 0 amide bonds. The van der Waals surface area contributed by atoms with Gasteiger partial charge < -0.3 is 54.7 Å². The van der Waals surface area contributed by atoms with Gasteiger partial charge in [-0.05, 0) is 93.8 Å². The first-order valence-electron chi connectivity index (χ1n) is 20.6. The number of allylic oxidation sites excluding steroid dienone is 1. The molecule has 13 nitrogen and oxygen atoms in total. The normalized spacial score (nSPS) is 49.0. The van der Waals surface area contributed by atoms with Crippen LogP contribution in [0.25, 0.3) is 0 Å². The molecule has 2 aliphatic heterocycles. The van der Waals surface area contributed by atoms with Crippen molar-refractivity contribution in [2.45, 2.75) is 187 Å². The molecular formula is C42H68O13. The summed E-state index contributed by atoms with van der Waals surface area (Å²) >= 11 is 0. The zero-order chi connectivity index (χ0) is 40.8. The van der Waals surface area contributed by atoms with Crippen molar-refractivity contribution in [2.24, 2.45) is 45.3 Å². The third-order valence-electron chi connectivity index (χ3n) is 16.1. The Balaban J connectivity index is 1.22. The van der Waals surface area contributed by atoms with Crippen molar-refractivity contribution in [2.75, 3.05) is 6.61 Å². The van der Waals surface area contributed by atoms with Gasteiger partial charge in [-0.2, -0.15) is 0 Å². The Hall–Kier alpha value is -1.36. The molecule has 0 bridgehead atoms. The van der Waals surface area contributed by atoms with E-state index in [1.54, 1.807) is 20.8 Å². The van der Waals surface area contributed by atoms with Gasteiger partial charge in [-0.1, -0.05) is 53.2 Å². The van der Waals surface area contributed by atoms with Crippen LogP contribution in [0, 0.1) is 45.3 Å². The van der Waals surface area contributed by atoms with Crippen LogP contribution in [-0.2, 0) is 28.5 Å². The predicted octanol–water partition coefficient (Wildman–Crippen LogP) is 2.56. The van der Waals surface area contributed by atoms with Crippen molar-refractivity contribution >= 4 is 11.6 Å². The van der Waals surface area contributed by atoms with Gasteiger partial charge in [0.15, 0.2) is 18.4 Å². The van der Waals surface area contributed by atoms with Gasteiger partial charge in [-0.3, -0.25) is 9.59 Å². The zero-order valence-electron chi connectivity index (χ0n) is 34.2. The molecule has 2 saturated heterocycles. The summed E-state index contributed by atoms with van der Waals surface area (Å²) in [6.45, 7) is 17.3. The largest absolute Gasteiger partial charge is 0.394 e. The summed E-state index contributed by atoms with van der Waals surface area (Å²) in [5.74, 6) is 0.796. The number of hydrogen-bond acceptors (Lipinski definition) is 13. The van der Waals surface area contributed by atoms with Crippen LogP contribution >= 0.6 is 0 Å². The third-order valence-corrected chi connectivity index (χ3v) is 16.1. The number of fused-ring (bicyclic) bond motifs is 5. The second-order valence-corrected chi connectivity index (χ2v) is 19.8. The third kappa shape index (κ3) is 6.92. The van der Waals surface area contributed by atoms with E-state index in [1.807, 2.05) is 0 Å². The molecular weight excluding hydrogens is 712 g/mol. The second kappa shape index (κ2) is 15.0. The molecule has 3 saturated carbocycles. The number of Topliss-reactive ketones (excluding diaryl/α,β-unsaturated/α-hetero) is 2. The minimum atomic E-state index is -1.73. The summed E-state index contributed by atoms with van der Waals surface area (Å²) in [5, 5.41) is 73.3. The Bertz CT molecular complexity index is 1470. The summed E-state index contributed by atoms with van der Waals surface area (Å²) in [6.07, 6.45) is -6.75. The second-order valence-electron chi connectivity index (χ2n) is 19.8. The van der Waals surface area contributed by atoms with Gasteiger partial charge in [-0.25, -0.2) is 0 Å². The number of carbonyl (C=O) groups is 2. The van der Waals surface area contributed by atoms with Crippen LogP contribution < -0.4 is 0 Å². The average Bonchev–Trinajstić information content (AvgIpc) is 3.38. The van der Waals surface area contributed by atoms with Crippen LogP contribution in [0.15, 0.2) is 11.6 Å². The van der Waals surface area contributed by atoms with Crippen LogP contribution in [0.2, 0.25) is 0 Å². The first kappa shape index (κ1) is 43.2. The molecule has 0 radical (unpaired) electrons. The number of ketones is 2. The van der Waals surface area contributed by atoms with Crippen LogP contribution in [0.3, 0.4) is 0 Å². The SMILES string of the molecule is C[C@H](CCC(=O)C(C)(C)O)[C@H]1CC[C@@]2(C)[C@@H]3CC=C4[C@@H](CC[C@H](O[C@@H]5O[C@H](C)[C@H](O)[C@@H](O)[C@H]5O[C@H]5O[C@H](CO)[C@@H](O)[C@H](O)[C@H]5O)C4(C)C)[C@]3(C)C(=O)C[C@]12C. The number of rotatable bonds is 10. The predicted molar refractivity (Wildman–Crippen MR) is 199 cm³/mol. The Kier molecular flexibility index (Phi) is 11.8. The smallest absolute Gasteiger partial charge is 0.187 e. The van der Waals surface area contributed by atoms with Crippen LogP contribution in [0.4, 0.5) is 0 Å². The fraction of sp³-hybridized carbons (Fsp3) is 0.905. The zero-order valence-corrected chi connectivity index (χ0v) is 34.2. The first-order valence-corrected chi connectivity index (χ1v) is 20.6. The number of aliphatic hydroxyl groups excluding tert-OH is 6. The molecule has 55 heavy (non-hydrogen) atoms. The summed E-state index contributed by atoms with van der Waals surface area (Å²) in [6, 6.07) is 0. The quantitative estimate of drug-likeness (QED) is 0.159. The highest BCUT2D eigenvalue weighted by atomic mass is 16.8. The van der Waals surface area contributed by atoms with Crippen molar-refractivity contribution in [3.63, 3.8) is 0 Å². The lowest BCUT2D eigenvalue weighted by Crippen LogP contribution is -2.65. The highest BCUT2D eigenvalue weighted by Crippen LogP contribution is 2.74. The van der Waals surface area contributed by atoms with Crippen LogP contribution in [0.5, 0.6) is 0 Å². The lowest BCUT2D eigenvalue weighted by atomic mass is 9.38. The summed E-state index contributed by atoms with van der Waals surface area (Å²) in [4.78, 5) is 27.4. The number of ether oxygens (including phenoxy) is 4. The lowest BCUT2D eigenvalue weighted by Gasteiger charge is -2.65. The lowest BCUT2D eigenvalue weighted by molar-refractivity contribution is -0.372. The molecule has 0 aromatic heterocycles. The van der Waals surface area contributed by atoms with Crippen molar-refractivity contribution in [1.82, 2.24) is 0 Å². The fourth-order valence-electron chi connectivity index (χ4n) is 12.2. The minimum Gasteiger partial charge on any atom is -0.394 e. The maximum absolute atomic E-state index is 14.8. The van der Waals surface area contributed by atoms with Crippen molar-refractivity contribution in [3.8, 4) is 0 Å². The van der Waals surface area contributed by atoms with E-state index in [-0.39, 0.29) is 40.3 Å². The topological polar surface area (TPSA) is 213 Å². The number of aliphatic hydroxyl groups is 7. The monoisotopic (exact) mass is 780 g/mol. The van der Waals surface area contributed by atoms with Crippen molar-refractivity contribution < 1.29 is 64.3 Å². The molecule has 0 unspecified atom stereocenters. The number of carbonyl (C=O) groups excluding carboxylic acids is 2. The minimum absolute atomic E-state index is 0.00405. The van der Waals surface area contributed by atoms with E-state index in [1.165, 1.54) is 0 Å². The molecule has 7 N–H and O–H groups in total. The summed E-state index contributed by atoms with van der Waals surface area (Å²) < 4.78 is 24.3. The van der Waals surface area contributed by atoms with E-state index in [0.717, 1.165) is 24.8 Å². The fourth-order valence-corrected chi connectivity index (χ4v) is 12.2. The van der Waals surface area contributed by atoms with Gasteiger partial charge in [0, 0.05) is 23.7 Å². The van der Waals surface area contributed by atoms with E-state index < -0.39 is 90.6 Å². The van der Waals surface area contributed by atoms with Gasteiger partial charge in [0.25, 0.3) is 0 Å². The maximum Gasteiger partial charge on any atom is 0.187 e. The molecule has 13 heteroatoms. The van der Waals surface area contributed by atoms with Gasteiger partial charge in [0.2, 0.25) is 0 Å². The highest BCUT2D eigenvalue weighted by Gasteiger charge is 2.70. The Morgan fingerprint density at radius 2 is 1.58 bits per heavy atom.